The van der Waals surface area contributed by atoms with Crippen molar-refractivity contribution in [3.63, 3.8) is 0 Å². The van der Waals surface area contributed by atoms with E-state index in [4.69, 9.17) is 15.2 Å². The van der Waals surface area contributed by atoms with Gasteiger partial charge in [0.2, 0.25) is 0 Å². The zero-order valence-corrected chi connectivity index (χ0v) is 13.6. The summed E-state index contributed by atoms with van der Waals surface area (Å²) in [6.45, 7) is 1.53. The Morgan fingerprint density at radius 3 is 2.88 bits per heavy atom. The van der Waals surface area contributed by atoms with Gasteiger partial charge in [-0.2, -0.15) is 0 Å². The van der Waals surface area contributed by atoms with Gasteiger partial charge in [-0.1, -0.05) is 0 Å². The van der Waals surface area contributed by atoms with Gasteiger partial charge in [0.25, 0.3) is 18.4 Å². The van der Waals surface area contributed by atoms with E-state index in [0.717, 1.165) is 6.07 Å². The van der Waals surface area contributed by atoms with E-state index < -0.39 is 41.8 Å². The second kappa shape index (κ2) is 6.21. The van der Waals surface area contributed by atoms with Crippen molar-refractivity contribution in [1.29, 1.82) is 0 Å². The van der Waals surface area contributed by atoms with E-state index >= 15 is 0 Å². The van der Waals surface area contributed by atoms with Crippen LogP contribution in [0.1, 0.15) is 18.9 Å². The molecule has 9 heteroatoms. The number of carbonyl (C=O) groups excluding carboxylic acids is 1. The van der Waals surface area contributed by atoms with Crippen LogP contribution < -0.4 is 11.1 Å². The highest BCUT2D eigenvalue weighted by molar-refractivity contribution is 5.94. The average molecular weight is 357 g/mol. The number of methoxy groups -OCH3 is 1. The van der Waals surface area contributed by atoms with E-state index in [0.29, 0.717) is 6.42 Å². The van der Waals surface area contributed by atoms with Gasteiger partial charge in [-0.15, -0.1) is 0 Å². The van der Waals surface area contributed by atoms with Crippen LogP contribution in [0.2, 0.25) is 0 Å². The topological polar surface area (TPSA) is 85.9 Å². The fourth-order valence-electron chi connectivity index (χ4n) is 3.06. The van der Waals surface area contributed by atoms with Crippen molar-refractivity contribution in [3.05, 3.63) is 29.6 Å². The lowest BCUT2D eigenvalue weighted by Crippen LogP contribution is -2.43. The number of carbonyl (C=O) groups is 1. The molecule has 3 N–H and O–H groups in total. The number of fused-ring (bicyclic) bond motifs is 1. The monoisotopic (exact) mass is 357 g/mol. The van der Waals surface area contributed by atoms with Gasteiger partial charge in [0, 0.05) is 24.3 Å². The van der Waals surface area contributed by atoms with Crippen molar-refractivity contribution in [2.45, 2.75) is 37.5 Å². The molecule has 0 bridgehead atoms. The Labute approximate surface area is 142 Å². The van der Waals surface area contributed by atoms with Gasteiger partial charge in [0.15, 0.2) is 5.54 Å². The second-order valence-electron chi connectivity index (χ2n) is 6.14. The molecule has 1 aromatic rings. The quantitative estimate of drug-likeness (QED) is 0.844. The summed E-state index contributed by atoms with van der Waals surface area (Å²) in [5.74, 6) is -1.99. The Hall–Kier alpha value is -2.29. The molecule has 1 fully saturated rings. The largest absolute Gasteiger partial charge is 0.462 e. The number of alkyl halides is 2. The van der Waals surface area contributed by atoms with E-state index in [1.54, 1.807) is 0 Å². The molecule has 1 aromatic carbocycles. The van der Waals surface area contributed by atoms with Crippen LogP contribution in [-0.2, 0) is 19.8 Å². The predicted molar refractivity (Wildman–Crippen MR) is 83.8 cm³/mol. The maximum absolute atomic E-state index is 14.4. The first-order valence-electron chi connectivity index (χ1n) is 7.73. The Bertz CT molecular complexity index is 728. The number of rotatable bonds is 5. The first-order valence-corrected chi connectivity index (χ1v) is 7.73. The summed E-state index contributed by atoms with van der Waals surface area (Å²) < 4.78 is 52.4. The van der Waals surface area contributed by atoms with E-state index in [9.17, 15) is 18.0 Å². The molecule has 25 heavy (non-hydrogen) atoms. The van der Waals surface area contributed by atoms with Crippen molar-refractivity contribution in [3.8, 4) is 0 Å². The molecular formula is C16H18F3N3O3. The summed E-state index contributed by atoms with van der Waals surface area (Å²) in [5.41, 5.74) is 3.25. The molecule has 6 nitrogen and oxygen atoms in total. The maximum Gasteiger partial charge on any atom is 0.283 e. The summed E-state index contributed by atoms with van der Waals surface area (Å²) in [4.78, 5) is 15.7. The minimum atomic E-state index is -2.98. The van der Waals surface area contributed by atoms with Crippen LogP contribution in [-0.4, -0.2) is 37.7 Å². The molecule has 1 unspecified atom stereocenters. The van der Waals surface area contributed by atoms with Gasteiger partial charge >= 0.3 is 0 Å². The van der Waals surface area contributed by atoms with E-state index in [1.165, 1.54) is 26.2 Å². The number of anilines is 1. The van der Waals surface area contributed by atoms with Crippen LogP contribution in [0.4, 0.5) is 18.9 Å². The lowest BCUT2D eigenvalue weighted by Gasteiger charge is -2.33. The summed E-state index contributed by atoms with van der Waals surface area (Å²) >= 11 is 0. The molecule has 0 radical (unpaired) electrons. The summed E-state index contributed by atoms with van der Waals surface area (Å²) in [6, 6.07) is 3.08. The Morgan fingerprint density at radius 2 is 2.24 bits per heavy atom. The molecule has 1 aliphatic heterocycles. The fourth-order valence-corrected chi connectivity index (χ4v) is 3.06. The van der Waals surface area contributed by atoms with Crippen molar-refractivity contribution in [1.82, 2.24) is 0 Å². The van der Waals surface area contributed by atoms with Gasteiger partial charge in [-0.05, 0) is 31.5 Å². The Balaban J connectivity index is 2.02. The van der Waals surface area contributed by atoms with E-state index in [-0.39, 0.29) is 17.3 Å². The molecule has 136 valence electrons. The number of nitrogens with two attached hydrogens (primary N) is 1. The third kappa shape index (κ3) is 2.92. The zero-order chi connectivity index (χ0) is 18.4. The number of amides is 1. The number of hydrogen-bond acceptors (Lipinski definition) is 5. The van der Waals surface area contributed by atoms with Crippen molar-refractivity contribution >= 4 is 17.6 Å². The number of amidine groups is 1. The molecule has 3 rings (SSSR count). The molecule has 1 saturated carbocycles. The van der Waals surface area contributed by atoms with Gasteiger partial charge < -0.3 is 20.5 Å². The van der Waals surface area contributed by atoms with Crippen LogP contribution in [0.25, 0.3) is 0 Å². The van der Waals surface area contributed by atoms with Crippen LogP contribution in [0.15, 0.2) is 23.2 Å². The minimum Gasteiger partial charge on any atom is -0.462 e. The average Bonchev–Trinajstić information content (AvgIpc) is 3.34. The molecule has 1 aliphatic carbocycles. The van der Waals surface area contributed by atoms with Gasteiger partial charge in [-0.3, -0.25) is 4.79 Å². The van der Waals surface area contributed by atoms with Gasteiger partial charge in [0.1, 0.15) is 18.0 Å². The van der Waals surface area contributed by atoms with Crippen LogP contribution in [0, 0.1) is 11.7 Å². The summed E-state index contributed by atoms with van der Waals surface area (Å²) in [6.07, 6.45) is -3.92. The van der Waals surface area contributed by atoms with Crippen LogP contribution >= 0.6 is 0 Å². The SMILES string of the molecule is COC(C)C(=O)Nc1ccc(F)c([C@@]2(C(F)F)N=C(N)O[C@@H]3C[C@@H]32)c1. The fraction of sp³-hybridized carbons (Fsp3) is 0.500. The Kier molecular flexibility index (Phi) is 4.36. The lowest BCUT2D eigenvalue weighted by atomic mass is 9.84. The highest BCUT2D eigenvalue weighted by Crippen LogP contribution is 2.56. The predicted octanol–water partition coefficient (Wildman–Crippen LogP) is 1.99. The molecule has 4 atom stereocenters. The molecule has 0 saturated heterocycles. The number of nitrogens with one attached hydrogen (secondary N) is 1. The number of nitrogens with zero attached hydrogens (tertiary/aromatic N) is 1. The lowest BCUT2D eigenvalue weighted by molar-refractivity contribution is -0.124. The van der Waals surface area contributed by atoms with Crippen molar-refractivity contribution in [2.24, 2.45) is 16.6 Å². The number of benzene rings is 1. The van der Waals surface area contributed by atoms with Gasteiger partial charge in [0.05, 0.1) is 0 Å². The minimum absolute atomic E-state index is 0.169. The standard InChI is InChI=1S/C16H18F3N3O3/c1-7(24-2)13(23)21-8-3-4-11(17)9(5-8)16(14(18)19)10-6-12(10)25-15(20)22-16/h3-5,7,10,12,14H,6H2,1-2H3,(H2,20,22)(H,21,23)/t7?,10-,12+,16+/m0/s1. The van der Waals surface area contributed by atoms with Crippen LogP contribution in [0.5, 0.6) is 0 Å². The first kappa shape index (κ1) is 17.5. The van der Waals surface area contributed by atoms with E-state index in [2.05, 4.69) is 10.3 Å². The normalized spacial score (nSPS) is 28.6. The Morgan fingerprint density at radius 1 is 1.52 bits per heavy atom. The first-order chi connectivity index (χ1) is 11.8. The molecule has 2 aliphatic rings. The van der Waals surface area contributed by atoms with Crippen LogP contribution in [0.3, 0.4) is 0 Å². The maximum atomic E-state index is 14.4. The molecule has 0 aromatic heterocycles. The van der Waals surface area contributed by atoms with Crippen molar-refractivity contribution in [2.75, 3.05) is 12.4 Å². The van der Waals surface area contributed by atoms with Gasteiger partial charge in [-0.25, -0.2) is 18.2 Å². The van der Waals surface area contributed by atoms with E-state index in [1.807, 2.05) is 0 Å². The second-order valence-corrected chi connectivity index (χ2v) is 6.14. The summed E-state index contributed by atoms with van der Waals surface area (Å²) in [7, 11) is 1.36. The molecule has 1 amide bonds. The third-order valence-electron chi connectivity index (χ3n) is 4.59. The molecule has 1 heterocycles. The number of aliphatic imine (C=N–C) groups is 1. The highest BCUT2D eigenvalue weighted by atomic mass is 19.3. The van der Waals surface area contributed by atoms with Crippen molar-refractivity contribution < 1.29 is 27.4 Å². The number of halogens is 3. The summed E-state index contributed by atoms with van der Waals surface area (Å²) in [5, 5.41) is 2.51. The highest BCUT2D eigenvalue weighted by Gasteiger charge is 2.64. The zero-order valence-electron chi connectivity index (χ0n) is 13.6. The number of hydrogen-bond donors (Lipinski definition) is 2. The third-order valence-corrected chi connectivity index (χ3v) is 4.59. The number of ether oxygens (including phenoxy) is 2. The smallest absolute Gasteiger partial charge is 0.283 e. The molecular weight excluding hydrogens is 339 g/mol. The molecule has 0 spiro atoms.